The van der Waals surface area contributed by atoms with Gasteiger partial charge in [0.1, 0.15) is 6.54 Å². The van der Waals surface area contributed by atoms with Gasteiger partial charge in [-0.05, 0) is 30.2 Å². The van der Waals surface area contributed by atoms with Gasteiger partial charge in [-0.3, -0.25) is 0 Å². The van der Waals surface area contributed by atoms with Crippen LogP contribution in [-0.2, 0) is 6.54 Å². The summed E-state index contributed by atoms with van der Waals surface area (Å²) in [4.78, 5) is 2.10. The number of hydrogen-bond acceptors (Lipinski definition) is 2. The van der Waals surface area contributed by atoms with Gasteiger partial charge in [-0.2, -0.15) is 4.57 Å². The second-order valence-corrected chi connectivity index (χ2v) is 6.80. The Bertz CT molecular complexity index is 961. The Labute approximate surface area is 155 Å². The third-order valence-electron chi connectivity index (χ3n) is 5.01. The highest BCUT2D eigenvalue weighted by atomic mass is 16.5. The zero-order chi connectivity index (χ0) is 17.9. The van der Waals surface area contributed by atoms with Crippen molar-refractivity contribution in [2.24, 2.45) is 0 Å². The second-order valence-electron chi connectivity index (χ2n) is 6.80. The van der Waals surface area contributed by atoms with E-state index in [4.69, 9.17) is 4.74 Å². The third-order valence-corrected chi connectivity index (χ3v) is 5.01. The molecule has 0 fully saturated rings. The predicted molar refractivity (Wildman–Crippen MR) is 107 cm³/mol. The van der Waals surface area contributed by atoms with E-state index in [0.29, 0.717) is 0 Å². The van der Waals surface area contributed by atoms with Crippen LogP contribution in [0.25, 0.3) is 17.0 Å². The summed E-state index contributed by atoms with van der Waals surface area (Å²) in [6, 6.07) is 19.0. The van der Waals surface area contributed by atoms with Gasteiger partial charge in [0.25, 0.3) is 0 Å². The molecule has 1 aromatic heterocycles. The van der Waals surface area contributed by atoms with E-state index in [1.165, 1.54) is 35.7 Å². The molecule has 26 heavy (non-hydrogen) atoms. The SMILES string of the molecule is CCCCC[n+]1ccc(/C=C2\Oc3ccccc3N2C)c2ccccc21. The maximum Gasteiger partial charge on any atom is 0.213 e. The summed E-state index contributed by atoms with van der Waals surface area (Å²) in [5.41, 5.74) is 3.56. The Hall–Kier alpha value is -2.81. The molecule has 0 aliphatic carbocycles. The Morgan fingerprint density at radius 2 is 1.81 bits per heavy atom. The quantitative estimate of drug-likeness (QED) is 0.470. The second kappa shape index (κ2) is 7.20. The molecule has 0 N–H and O–H groups in total. The minimum Gasteiger partial charge on any atom is -0.439 e. The van der Waals surface area contributed by atoms with Crippen LogP contribution in [0.15, 0.2) is 66.7 Å². The van der Waals surface area contributed by atoms with E-state index in [-0.39, 0.29) is 0 Å². The van der Waals surface area contributed by atoms with Crippen molar-refractivity contribution in [3.8, 4) is 5.75 Å². The minimum absolute atomic E-state index is 0.861. The molecule has 3 heteroatoms. The van der Waals surface area contributed by atoms with Gasteiger partial charge >= 0.3 is 0 Å². The molecule has 0 amide bonds. The lowest BCUT2D eigenvalue weighted by atomic mass is 10.1. The summed E-state index contributed by atoms with van der Waals surface area (Å²) in [5.74, 6) is 1.77. The van der Waals surface area contributed by atoms with Crippen LogP contribution in [0.3, 0.4) is 0 Å². The number of anilines is 1. The van der Waals surface area contributed by atoms with E-state index in [9.17, 15) is 0 Å². The fourth-order valence-corrected chi connectivity index (χ4v) is 3.54. The van der Waals surface area contributed by atoms with Crippen molar-refractivity contribution in [3.63, 3.8) is 0 Å². The standard InChI is InChI=1S/C23H25N2O/c1-3-4-9-15-25-16-14-18(19-10-5-6-11-20(19)25)17-23-24(2)21-12-7-8-13-22(21)26-23/h5-8,10-14,16-17H,3-4,9,15H2,1-2H3/q+1. The normalized spacial score (nSPS) is 14.7. The number of aryl methyl sites for hydroxylation is 1. The first-order chi connectivity index (χ1) is 12.8. The van der Waals surface area contributed by atoms with Gasteiger partial charge in [-0.15, -0.1) is 0 Å². The van der Waals surface area contributed by atoms with E-state index in [0.717, 1.165) is 23.9 Å². The van der Waals surface area contributed by atoms with E-state index in [1.54, 1.807) is 0 Å². The number of aromatic nitrogens is 1. The van der Waals surface area contributed by atoms with Gasteiger partial charge in [0, 0.05) is 31.7 Å². The molecule has 1 aliphatic heterocycles. The molecule has 2 aromatic carbocycles. The van der Waals surface area contributed by atoms with Crippen molar-refractivity contribution >= 4 is 22.7 Å². The van der Waals surface area contributed by atoms with Crippen LogP contribution in [0.1, 0.15) is 31.7 Å². The molecule has 132 valence electrons. The lowest BCUT2D eigenvalue weighted by Gasteiger charge is -2.11. The smallest absolute Gasteiger partial charge is 0.213 e. The molecule has 4 rings (SSSR count). The highest BCUT2D eigenvalue weighted by molar-refractivity contribution is 5.86. The third kappa shape index (κ3) is 3.05. The number of hydrogen-bond donors (Lipinski definition) is 0. The van der Waals surface area contributed by atoms with Crippen LogP contribution in [0, 0.1) is 0 Å². The fraction of sp³-hybridized carbons (Fsp3) is 0.261. The molecule has 2 heterocycles. The number of pyridine rings is 1. The number of fused-ring (bicyclic) bond motifs is 2. The van der Waals surface area contributed by atoms with E-state index in [1.807, 2.05) is 25.2 Å². The summed E-state index contributed by atoms with van der Waals surface area (Å²) in [6.45, 7) is 3.31. The van der Waals surface area contributed by atoms with Gasteiger partial charge in [0.2, 0.25) is 11.4 Å². The Morgan fingerprint density at radius 1 is 1.00 bits per heavy atom. The molecule has 0 unspecified atom stereocenters. The number of para-hydroxylation sites is 3. The molecule has 3 aromatic rings. The molecule has 0 radical (unpaired) electrons. The summed E-state index contributed by atoms with van der Waals surface area (Å²) < 4.78 is 8.42. The summed E-state index contributed by atoms with van der Waals surface area (Å²) >= 11 is 0. The van der Waals surface area contributed by atoms with E-state index in [2.05, 4.69) is 65.1 Å². The van der Waals surface area contributed by atoms with Crippen LogP contribution in [0.2, 0.25) is 0 Å². The van der Waals surface area contributed by atoms with Crippen molar-refractivity contribution < 1.29 is 9.30 Å². The van der Waals surface area contributed by atoms with Crippen molar-refractivity contribution in [1.82, 2.24) is 0 Å². The first-order valence-electron chi connectivity index (χ1n) is 9.41. The summed E-state index contributed by atoms with van der Waals surface area (Å²) in [6.07, 6.45) is 8.06. The van der Waals surface area contributed by atoms with Crippen molar-refractivity contribution in [3.05, 3.63) is 72.2 Å². The van der Waals surface area contributed by atoms with Gasteiger partial charge in [-0.25, -0.2) is 0 Å². The molecule has 1 aliphatic rings. The maximum atomic E-state index is 6.06. The van der Waals surface area contributed by atoms with Crippen molar-refractivity contribution in [2.45, 2.75) is 32.7 Å². The summed E-state index contributed by atoms with van der Waals surface area (Å²) in [7, 11) is 2.05. The molecule has 3 nitrogen and oxygen atoms in total. The topological polar surface area (TPSA) is 16.4 Å². The monoisotopic (exact) mass is 345 g/mol. The fourth-order valence-electron chi connectivity index (χ4n) is 3.54. The molecule has 0 saturated heterocycles. The highest BCUT2D eigenvalue weighted by Gasteiger charge is 2.23. The van der Waals surface area contributed by atoms with Crippen LogP contribution in [-0.4, -0.2) is 7.05 Å². The largest absolute Gasteiger partial charge is 0.439 e. The number of unbranched alkanes of at least 4 members (excludes halogenated alkanes) is 2. The van der Waals surface area contributed by atoms with Crippen molar-refractivity contribution in [1.29, 1.82) is 0 Å². The van der Waals surface area contributed by atoms with E-state index >= 15 is 0 Å². The van der Waals surface area contributed by atoms with Crippen LogP contribution in [0.5, 0.6) is 5.75 Å². The predicted octanol–water partition coefficient (Wildman–Crippen LogP) is 5.14. The van der Waals surface area contributed by atoms with Gasteiger partial charge in [0.15, 0.2) is 11.9 Å². The minimum atomic E-state index is 0.861. The lowest BCUT2D eigenvalue weighted by Crippen LogP contribution is -2.34. The molecule has 0 bridgehead atoms. The van der Waals surface area contributed by atoms with Gasteiger partial charge in [-0.1, -0.05) is 37.6 Å². The molecule has 0 saturated carbocycles. The Balaban J connectivity index is 1.71. The number of benzene rings is 2. The van der Waals surface area contributed by atoms with E-state index < -0.39 is 0 Å². The Morgan fingerprint density at radius 3 is 2.65 bits per heavy atom. The summed E-state index contributed by atoms with van der Waals surface area (Å²) in [5, 5.41) is 1.26. The zero-order valence-electron chi connectivity index (χ0n) is 15.5. The maximum absolute atomic E-state index is 6.06. The van der Waals surface area contributed by atoms with Crippen molar-refractivity contribution in [2.75, 3.05) is 11.9 Å². The lowest BCUT2D eigenvalue weighted by molar-refractivity contribution is -0.671. The number of rotatable bonds is 5. The molecular weight excluding hydrogens is 320 g/mol. The first-order valence-corrected chi connectivity index (χ1v) is 9.41. The van der Waals surface area contributed by atoms with Gasteiger partial charge < -0.3 is 9.64 Å². The molecule has 0 spiro atoms. The molecule has 0 atom stereocenters. The highest BCUT2D eigenvalue weighted by Crippen LogP contribution is 2.38. The zero-order valence-corrected chi connectivity index (χ0v) is 15.5. The van der Waals surface area contributed by atoms with Crippen LogP contribution in [0.4, 0.5) is 5.69 Å². The van der Waals surface area contributed by atoms with Crippen LogP contribution >= 0.6 is 0 Å². The molecular formula is C23H25N2O+. The van der Waals surface area contributed by atoms with Crippen LogP contribution < -0.4 is 14.2 Å². The average molecular weight is 345 g/mol. The first kappa shape index (κ1) is 16.6. The number of nitrogens with zero attached hydrogens (tertiary/aromatic N) is 2. The Kier molecular flexibility index (Phi) is 4.61. The van der Waals surface area contributed by atoms with Gasteiger partial charge in [0.05, 0.1) is 11.1 Å². The number of ether oxygens (including phenoxy) is 1. The average Bonchev–Trinajstić information content (AvgIpc) is 2.99.